The quantitative estimate of drug-likeness (QED) is 0.110. The molecule has 2 aliphatic rings. The largest absolute Gasteiger partial charge is 0.388 e. The molecule has 264 valence electrons. The van der Waals surface area contributed by atoms with E-state index in [-0.39, 0.29) is 5.91 Å². The Labute approximate surface area is 296 Å². The van der Waals surface area contributed by atoms with Crippen LogP contribution >= 0.6 is 0 Å². The Bertz CT molecular complexity index is 1410. The van der Waals surface area contributed by atoms with Gasteiger partial charge >= 0.3 is 0 Å². The van der Waals surface area contributed by atoms with Gasteiger partial charge in [0.1, 0.15) is 0 Å². The minimum absolute atomic E-state index is 0.178. The van der Waals surface area contributed by atoms with Gasteiger partial charge in [0, 0.05) is 80.5 Å². The van der Waals surface area contributed by atoms with E-state index in [0.29, 0.717) is 19.6 Å². The van der Waals surface area contributed by atoms with E-state index in [1.165, 1.54) is 73.7 Å². The van der Waals surface area contributed by atoms with Crippen LogP contribution in [0, 0.1) is 0 Å². The average molecular weight is 665 g/mol. The Morgan fingerprint density at radius 1 is 0.694 bits per heavy atom. The first kappa shape index (κ1) is 37.8. The van der Waals surface area contributed by atoms with Crippen LogP contribution in [0.4, 0.5) is 5.69 Å². The van der Waals surface area contributed by atoms with Gasteiger partial charge in [-0.3, -0.25) is 4.79 Å². The third-order valence-corrected chi connectivity index (χ3v) is 9.56. The number of ether oxygens (including phenoxy) is 1. The molecule has 0 atom stereocenters. The Balaban J connectivity index is 0.943. The van der Waals surface area contributed by atoms with Crippen LogP contribution in [0.15, 0.2) is 97.6 Å². The second-order valence-electron chi connectivity index (χ2n) is 13.5. The molecular weight excluding hydrogens is 604 g/mol. The summed E-state index contributed by atoms with van der Waals surface area (Å²) in [5.74, 6) is 0.178. The number of fused-ring (bicyclic) bond motifs is 2. The second kappa shape index (κ2) is 21.1. The highest BCUT2D eigenvalue weighted by Gasteiger charge is 2.23. The number of carbonyl (C=O) groups is 1. The van der Waals surface area contributed by atoms with E-state index in [4.69, 9.17) is 4.74 Å². The maximum Gasteiger partial charge on any atom is 0.227 e. The van der Waals surface area contributed by atoms with Crippen LogP contribution in [-0.4, -0.2) is 43.7 Å². The van der Waals surface area contributed by atoms with Crippen molar-refractivity contribution in [3.05, 3.63) is 114 Å². The summed E-state index contributed by atoms with van der Waals surface area (Å²) >= 11 is 0. The smallest absolute Gasteiger partial charge is 0.227 e. The lowest BCUT2D eigenvalue weighted by atomic mass is 10.0. The fourth-order valence-corrected chi connectivity index (χ4v) is 6.54. The van der Waals surface area contributed by atoms with Crippen molar-refractivity contribution in [3.63, 3.8) is 0 Å². The van der Waals surface area contributed by atoms with Crippen molar-refractivity contribution < 1.29 is 9.53 Å². The monoisotopic (exact) mass is 664 g/mol. The van der Waals surface area contributed by atoms with E-state index in [1.807, 2.05) is 0 Å². The third-order valence-electron chi connectivity index (χ3n) is 9.56. The van der Waals surface area contributed by atoms with Gasteiger partial charge in [0.05, 0.1) is 6.61 Å². The van der Waals surface area contributed by atoms with E-state index in [1.54, 1.807) is 4.90 Å². The fourth-order valence-electron chi connectivity index (χ4n) is 6.54. The zero-order valence-electron chi connectivity index (χ0n) is 30.0. The van der Waals surface area contributed by atoms with Gasteiger partial charge in [-0.05, 0) is 48.4 Å². The number of amides is 1. The Kier molecular flexibility index (Phi) is 16.3. The number of likely N-dealkylation sites (tertiary alicyclic amines) is 1. The number of nitrogens with one attached hydrogen (secondary N) is 2. The number of benzene rings is 2. The Morgan fingerprint density at radius 3 is 2.08 bits per heavy atom. The molecule has 0 spiro atoms. The molecule has 2 N–H and O–H groups in total. The van der Waals surface area contributed by atoms with Gasteiger partial charge < -0.3 is 25.2 Å². The number of hydrogen-bond donors (Lipinski definition) is 2. The Hall–Kier alpha value is -4.03. The number of nitrogens with zero attached hydrogens (tertiary/aromatic N) is 2. The summed E-state index contributed by atoms with van der Waals surface area (Å²) in [6.07, 6.45) is 19.9. The molecular formula is C43H60N4O2. The highest BCUT2D eigenvalue weighted by Crippen LogP contribution is 2.31. The SMILES string of the molecule is C=C(CCCCCCCCCCCOCCNC(=C)CCN1C(=C)CCC1=O)NCCC(=C)N1Cc2ccccc2/C=C\c2ccccc21. The molecule has 6 heteroatoms. The topological polar surface area (TPSA) is 56.8 Å². The Morgan fingerprint density at radius 2 is 1.33 bits per heavy atom. The van der Waals surface area contributed by atoms with Gasteiger partial charge in [-0.1, -0.05) is 126 Å². The van der Waals surface area contributed by atoms with Crippen LogP contribution in [0.3, 0.4) is 0 Å². The van der Waals surface area contributed by atoms with Gasteiger partial charge in [0.15, 0.2) is 0 Å². The molecule has 1 fully saturated rings. The van der Waals surface area contributed by atoms with E-state index in [2.05, 4.69) is 103 Å². The standard InChI is InChI=1S/C43H60N4O2/c1-35(44-29-27-38(4)47-34-41-21-14-13-19-39(41)24-25-40-20-15-16-22-42(40)47)18-12-10-8-6-5-7-9-11-17-32-49-33-30-45-36(2)28-31-46-37(3)23-26-43(46)48/h13-16,19-22,24-25,44-45H,1-12,17-18,23,26-34H2/b25-24-. The molecule has 0 aromatic heterocycles. The highest BCUT2D eigenvalue weighted by molar-refractivity contribution is 5.81. The maximum atomic E-state index is 11.8. The van der Waals surface area contributed by atoms with Crippen molar-refractivity contribution in [3.8, 4) is 0 Å². The molecule has 0 radical (unpaired) electrons. The highest BCUT2D eigenvalue weighted by atomic mass is 16.5. The number of carbonyl (C=O) groups excluding carboxylic acids is 1. The number of para-hydroxylation sites is 1. The molecule has 1 saturated heterocycles. The molecule has 4 rings (SSSR count). The van der Waals surface area contributed by atoms with Crippen LogP contribution in [0.25, 0.3) is 12.2 Å². The van der Waals surface area contributed by atoms with E-state index in [0.717, 1.165) is 81.1 Å². The first-order valence-electron chi connectivity index (χ1n) is 18.6. The molecule has 0 bridgehead atoms. The lowest BCUT2D eigenvalue weighted by molar-refractivity contribution is -0.126. The minimum atomic E-state index is 0.178. The number of allylic oxidation sites excluding steroid dienone is 2. The number of rotatable bonds is 24. The maximum absolute atomic E-state index is 11.8. The van der Waals surface area contributed by atoms with E-state index >= 15 is 0 Å². The zero-order chi connectivity index (χ0) is 34.7. The minimum Gasteiger partial charge on any atom is -0.388 e. The van der Waals surface area contributed by atoms with E-state index in [9.17, 15) is 4.79 Å². The van der Waals surface area contributed by atoms with Crippen molar-refractivity contribution in [2.75, 3.05) is 37.7 Å². The fraction of sp³-hybridized carbons (Fsp3) is 0.465. The second-order valence-corrected chi connectivity index (χ2v) is 13.5. The zero-order valence-corrected chi connectivity index (χ0v) is 30.0. The lowest BCUT2D eigenvalue weighted by Gasteiger charge is -2.30. The molecule has 0 aliphatic carbocycles. The summed E-state index contributed by atoms with van der Waals surface area (Å²) < 4.78 is 5.78. The molecule has 2 aromatic rings. The van der Waals surface area contributed by atoms with Crippen molar-refractivity contribution in [1.82, 2.24) is 15.5 Å². The number of unbranched alkanes of at least 4 members (excludes halogenated alkanes) is 8. The van der Waals surface area contributed by atoms with Crippen LogP contribution in [0.5, 0.6) is 0 Å². The molecule has 49 heavy (non-hydrogen) atoms. The molecule has 6 nitrogen and oxygen atoms in total. The molecule has 0 saturated carbocycles. The summed E-state index contributed by atoms with van der Waals surface area (Å²) in [4.78, 5) is 16.0. The lowest BCUT2D eigenvalue weighted by Crippen LogP contribution is -2.27. The van der Waals surface area contributed by atoms with Gasteiger partial charge in [0.2, 0.25) is 5.91 Å². The molecule has 1 amide bonds. The predicted octanol–water partition coefficient (Wildman–Crippen LogP) is 9.73. The van der Waals surface area contributed by atoms with Crippen LogP contribution in [-0.2, 0) is 16.1 Å². The summed E-state index contributed by atoms with van der Waals surface area (Å²) in [7, 11) is 0. The van der Waals surface area contributed by atoms with Crippen LogP contribution in [0.2, 0.25) is 0 Å². The van der Waals surface area contributed by atoms with Crippen molar-refractivity contribution in [1.29, 1.82) is 0 Å². The number of hydrogen-bond acceptors (Lipinski definition) is 5. The normalized spacial score (nSPS) is 14.5. The van der Waals surface area contributed by atoms with E-state index < -0.39 is 0 Å². The molecule has 2 aliphatic heterocycles. The van der Waals surface area contributed by atoms with Gasteiger partial charge in [-0.15, -0.1) is 0 Å². The first-order valence-corrected chi connectivity index (χ1v) is 18.6. The molecule has 2 aromatic carbocycles. The average Bonchev–Trinajstić information content (AvgIpc) is 3.42. The summed E-state index contributed by atoms with van der Waals surface area (Å²) in [6, 6.07) is 17.2. The van der Waals surface area contributed by atoms with Crippen LogP contribution < -0.4 is 15.5 Å². The third kappa shape index (κ3) is 13.1. The number of anilines is 1. The summed E-state index contributed by atoms with van der Waals surface area (Å²) in [6.45, 7) is 21.4. The summed E-state index contributed by atoms with van der Waals surface area (Å²) in [5, 5.41) is 6.88. The van der Waals surface area contributed by atoms with Crippen molar-refractivity contribution >= 4 is 23.7 Å². The first-order chi connectivity index (χ1) is 23.9. The molecule has 2 heterocycles. The van der Waals surface area contributed by atoms with Gasteiger partial charge in [-0.25, -0.2) is 0 Å². The van der Waals surface area contributed by atoms with Crippen LogP contribution in [0.1, 0.15) is 107 Å². The molecule has 0 unspecified atom stereocenters. The predicted molar refractivity (Wildman–Crippen MR) is 208 cm³/mol. The van der Waals surface area contributed by atoms with Gasteiger partial charge in [0.25, 0.3) is 0 Å². The van der Waals surface area contributed by atoms with Crippen molar-refractivity contribution in [2.24, 2.45) is 0 Å². The van der Waals surface area contributed by atoms with Gasteiger partial charge in [-0.2, -0.15) is 0 Å². The summed E-state index contributed by atoms with van der Waals surface area (Å²) in [5.41, 5.74) is 9.16. The van der Waals surface area contributed by atoms with Crippen molar-refractivity contribution in [2.45, 2.75) is 96.4 Å².